The zero-order valence-electron chi connectivity index (χ0n) is 14.4. The number of rotatable bonds is 3. The second-order valence-corrected chi connectivity index (χ2v) is 7.29. The third kappa shape index (κ3) is 3.29. The molecule has 1 fully saturated rings. The molecule has 8 heteroatoms. The molecule has 3 aromatic rings. The highest BCUT2D eigenvalue weighted by Gasteiger charge is 2.26. The molecule has 1 aliphatic rings. The number of fused-ring (bicyclic) bond motifs is 1. The number of para-hydroxylation sites is 1. The predicted octanol–water partition coefficient (Wildman–Crippen LogP) is 3.05. The number of hydrogen-bond donors (Lipinski definition) is 1. The Kier molecular flexibility index (Phi) is 4.58. The van der Waals surface area contributed by atoms with E-state index in [1.807, 2.05) is 43.3 Å². The van der Waals surface area contributed by atoms with Gasteiger partial charge in [0.05, 0.1) is 5.69 Å². The van der Waals surface area contributed by atoms with Gasteiger partial charge in [-0.3, -0.25) is 4.79 Å². The van der Waals surface area contributed by atoms with E-state index in [2.05, 4.69) is 41.4 Å². The normalized spacial score (nSPS) is 15.4. The van der Waals surface area contributed by atoms with Crippen LogP contribution in [0.1, 0.15) is 18.7 Å². The van der Waals surface area contributed by atoms with Gasteiger partial charge in [0.2, 0.25) is 5.91 Å². The highest BCUT2D eigenvalue weighted by molar-refractivity contribution is 9.10. The highest BCUT2D eigenvalue weighted by atomic mass is 79.9. The molecule has 0 spiro atoms. The molecule has 1 amide bonds. The van der Waals surface area contributed by atoms with Crippen molar-refractivity contribution >= 4 is 39.0 Å². The Balaban J connectivity index is 1.41. The number of piperidine rings is 1. The van der Waals surface area contributed by atoms with Gasteiger partial charge in [-0.15, -0.1) is 15.3 Å². The monoisotopic (exact) mass is 414 g/mol. The van der Waals surface area contributed by atoms with Crippen molar-refractivity contribution in [3.63, 3.8) is 0 Å². The van der Waals surface area contributed by atoms with Crippen LogP contribution in [-0.2, 0) is 4.79 Å². The van der Waals surface area contributed by atoms with Gasteiger partial charge in [-0.05, 0) is 60.0 Å². The van der Waals surface area contributed by atoms with Gasteiger partial charge in [0, 0.05) is 23.5 Å². The minimum absolute atomic E-state index is 0.0127. The Labute approximate surface area is 159 Å². The fourth-order valence-electron chi connectivity index (χ4n) is 3.22. The minimum Gasteiger partial charge on any atom is -0.355 e. The number of hydrogen-bond acceptors (Lipinski definition) is 5. The van der Waals surface area contributed by atoms with Crippen LogP contribution in [0.15, 0.2) is 40.9 Å². The van der Waals surface area contributed by atoms with Crippen molar-refractivity contribution < 1.29 is 4.79 Å². The zero-order valence-corrected chi connectivity index (χ0v) is 16.0. The summed E-state index contributed by atoms with van der Waals surface area (Å²) in [5.74, 6) is 1.75. The van der Waals surface area contributed by atoms with Crippen molar-refractivity contribution in [2.45, 2.75) is 19.8 Å². The summed E-state index contributed by atoms with van der Waals surface area (Å²) in [6, 6.07) is 11.6. The lowest BCUT2D eigenvalue weighted by molar-refractivity contribution is -0.120. The van der Waals surface area contributed by atoms with Crippen molar-refractivity contribution in [2.24, 2.45) is 5.92 Å². The number of benzene rings is 1. The number of nitrogens with one attached hydrogen (secondary N) is 1. The molecule has 0 saturated carbocycles. The van der Waals surface area contributed by atoms with Crippen LogP contribution >= 0.6 is 15.9 Å². The highest BCUT2D eigenvalue weighted by Crippen LogP contribution is 2.26. The molecule has 0 atom stereocenters. The Hall–Kier alpha value is -2.48. The quantitative estimate of drug-likeness (QED) is 0.712. The lowest BCUT2D eigenvalue weighted by Gasteiger charge is -2.32. The number of aromatic nitrogens is 4. The molecule has 26 heavy (non-hydrogen) atoms. The lowest BCUT2D eigenvalue weighted by atomic mass is 9.96. The van der Waals surface area contributed by atoms with Crippen molar-refractivity contribution in [2.75, 3.05) is 23.3 Å². The fourth-order valence-corrected chi connectivity index (χ4v) is 3.61. The second-order valence-electron chi connectivity index (χ2n) is 6.44. The van der Waals surface area contributed by atoms with E-state index in [9.17, 15) is 4.79 Å². The maximum absolute atomic E-state index is 12.6. The molecule has 0 aliphatic carbocycles. The summed E-state index contributed by atoms with van der Waals surface area (Å²) < 4.78 is 2.65. The average molecular weight is 415 g/mol. The molecule has 0 unspecified atom stereocenters. The molecule has 2 aromatic heterocycles. The van der Waals surface area contributed by atoms with Gasteiger partial charge < -0.3 is 10.2 Å². The van der Waals surface area contributed by atoms with Gasteiger partial charge in [-0.25, -0.2) is 0 Å². The first-order chi connectivity index (χ1) is 12.6. The van der Waals surface area contributed by atoms with E-state index in [0.717, 1.165) is 53.4 Å². The van der Waals surface area contributed by atoms with Crippen molar-refractivity contribution in [1.82, 2.24) is 19.8 Å². The zero-order chi connectivity index (χ0) is 18.1. The number of carbonyl (C=O) groups is 1. The molecule has 7 nitrogen and oxygen atoms in total. The number of carbonyl (C=O) groups excluding carboxylic acids is 1. The Morgan fingerprint density at radius 1 is 1.15 bits per heavy atom. The Morgan fingerprint density at radius 2 is 1.92 bits per heavy atom. The van der Waals surface area contributed by atoms with E-state index in [1.54, 1.807) is 4.52 Å². The average Bonchev–Trinajstić information content (AvgIpc) is 3.04. The van der Waals surface area contributed by atoms with Gasteiger partial charge in [-0.2, -0.15) is 4.52 Å². The second kappa shape index (κ2) is 7.03. The van der Waals surface area contributed by atoms with Crippen LogP contribution in [0.3, 0.4) is 0 Å². The van der Waals surface area contributed by atoms with Gasteiger partial charge >= 0.3 is 0 Å². The smallest absolute Gasteiger partial charge is 0.227 e. The molecule has 0 bridgehead atoms. The van der Waals surface area contributed by atoms with Gasteiger partial charge in [0.1, 0.15) is 5.82 Å². The van der Waals surface area contributed by atoms with E-state index in [1.165, 1.54) is 0 Å². The minimum atomic E-state index is 0.0127. The molecule has 1 aliphatic heterocycles. The van der Waals surface area contributed by atoms with E-state index in [0.29, 0.717) is 0 Å². The van der Waals surface area contributed by atoms with Crippen LogP contribution in [0.4, 0.5) is 11.5 Å². The van der Waals surface area contributed by atoms with Crippen molar-refractivity contribution in [3.05, 3.63) is 46.7 Å². The molecule has 4 rings (SSSR count). The predicted molar refractivity (Wildman–Crippen MR) is 103 cm³/mol. The van der Waals surface area contributed by atoms with Crippen LogP contribution in [0.2, 0.25) is 0 Å². The first-order valence-electron chi connectivity index (χ1n) is 8.61. The van der Waals surface area contributed by atoms with Gasteiger partial charge in [0.15, 0.2) is 11.5 Å². The van der Waals surface area contributed by atoms with Crippen LogP contribution in [0, 0.1) is 12.8 Å². The van der Waals surface area contributed by atoms with Gasteiger partial charge in [0.25, 0.3) is 0 Å². The molecule has 3 heterocycles. The van der Waals surface area contributed by atoms with E-state index in [-0.39, 0.29) is 11.8 Å². The Bertz CT molecular complexity index is 948. The van der Waals surface area contributed by atoms with Crippen molar-refractivity contribution in [1.29, 1.82) is 0 Å². The third-order valence-corrected chi connectivity index (χ3v) is 5.42. The van der Waals surface area contributed by atoms with E-state index < -0.39 is 0 Å². The largest absolute Gasteiger partial charge is 0.355 e. The topological polar surface area (TPSA) is 75.4 Å². The molecular weight excluding hydrogens is 396 g/mol. The summed E-state index contributed by atoms with van der Waals surface area (Å²) in [6.45, 7) is 3.48. The lowest BCUT2D eigenvalue weighted by Crippen LogP contribution is -2.38. The van der Waals surface area contributed by atoms with Crippen LogP contribution < -0.4 is 10.2 Å². The number of anilines is 2. The maximum Gasteiger partial charge on any atom is 0.227 e. The van der Waals surface area contributed by atoms with Crippen LogP contribution in [0.25, 0.3) is 5.65 Å². The summed E-state index contributed by atoms with van der Waals surface area (Å²) in [6.07, 6.45) is 1.61. The first kappa shape index (κ1) is 17.0. The summed E-state index contributed by atoms with van der Waals surface area (Å²) in [7, 11) is 0. The number of aryl methyl sites for hydroxylation is 1. The fraction of sp³-hybridized carbons (Fsp3) is 0.333. The number of nitrogens with zero attached hydrogens (tertiary/aromatic N) is 5. The summed E-state index contributed by atoms with van der Waals surface area (Å²) in [5.41, 5.74) is 1.56. The molecular formula is C18H19BrN6O. The Morgan fingerprint density at radius 3 is 2.69 bits per heavy atom. The molecule has 1 N–H and O–H groups in total. The first-order valence-corrected chi connectivity index (χ1v) is 9.40. The molecule has 134 valence electrons. The number of amides is 1. The van der Waals surface area contributed by atoms with Crippen molar-refractivity contribution in [3.8, 4) is 0 Å². The van der Waals surface area contributed by atoms with Crippen LogP contribution in [0.5, 0.6) is 0 Å². The van der Waals surface area contributed by atoms with Gasteiger partial charge in [-0.1, -0.05) is 12.1 Å². The van der Waals surface area contributed by atoms with E-state index >= 15 is 0 Å². The standard InChI is InChI=1S/C18H19BrN6O/c1-12-21-22-16-6-7-17(23-25(12)16)24-10-8-13(9-11-24)18(26)20-15-5-3-2-4-14(15)19/h2-7,13H,8-11H2,1H3,(H,20,26). The third-order valence-electron chi connectivity index (χ3n) is 4.73. The molecule has 1 aromatic carbocycles. The van der Waals surface area contributed by atoms with E-state index in [4.69, 9.17) is 0 Å². The summed E-state index contributed by atoms with van der Waals surface area (Å²) in [4.78, 5) is 14.8. The SMILES string of the molecule is Cc1nnc2ccc(N3CCC(C(=O)Nc4ccccc4Br)CC3)nn12. The molecule has 1 saturated heterocycles. The number of halogens is 1. The maximum atomic E-state index is 12.6. The molecule has 0 radical (unpaired) electrons. The summed E-state index contributed by atoms with van der Waals surface area (Å²) >= 11 is 3.47. The summed E-state index contributed by atoms with van der Waals surface area (Å²) in [5, 5.41) is 15.7. The van der Waals surface area contributed by atoms with Crippen LogP contribution in [-0.4, -0.2) is 38.8 Å².